The third kappa shape index (κ3) is 3.19. The van der Waals surface area contributed by atoms with E-state index in [0.717, 1.165) is 21.2 Å². The monoisotopic (exact) mass is 299 g/mol. The van der Waals surface area contributed by atoms with E-state index in [9.17, 15) is 8.42 Å². The molecule has 0 saturated carbocycles. The minimum atomic E-state index is -3.56. The van der Waals surface area contributed by atoms with Crippen LogP contribution in [0.15, 0.2) is 24.3 Å². The Labute approximate surface area is 115 Å². The van der Waals surface area contributed by atoms with Crippen LogP contribution in [0.3, 0.4) is 0 Å². The topological polar surface area (TPSA) is 101 Å². The van der Waals surface area contributed by atoms with Crippen molar-refractivity contribution in [3.05, 3.63) is 24.3 Å². The van der Waals surface area contributed by atoms with Gasteiger partial charge < -0.3 is 5.73 Å². The Morgan fingerprint density at radius 3 is 2.42 bits per heavy atom. The summed E-state index contributed by atoms with van der Waals surface area (Å²) in [5.74, 6) is 0. The third-order valence-corrected chi connectivity index (χ3v) is 4.71. The van der Waals surface area contributed by atoms with Gasteiger partial charge in [-0.2, -0.15) is 12.7 Å². The summed E-state index contributed by atoms with van der Waals surface area (Å²) in [5.41, 5.74) is 7.09. The zero-order valence-corrected chi connectivity index (χ0v) is 12.0. The van der Waals surface area contributed by atoms with E-state index in [1.807, 2.05) is 0 Å². The van der Waals surface area contributed by atoms with Crippen LogP contribution < -0.4 is 10.5 Å². The van der Waals surface area contributed by atoms with Crippen LogP contribution in [0, 0.1) is 0 Å². The number of nitrogen functional groups attached to an aromatic ring is 1. The molecule has 0 atom stereocenters. The molecule has 0 unspecified atom stereocenters. The van der Waals surface area contributed by atoms with Gasteiger partial charge in [-0.25, -0.2) is 4.72 Å². The molecule has 0 aliphatic heterocycles. The molecule has 0 fully saturated rings. The minimum Gasteiger partial charge on any atom is -0.399 e. The first-order valence-electron chi connectivity index (χ1n) is 5.28. The molecule has 9 heteroatoms. The molecule has 0 aliphatic carbocycles. The van der Waals surface area contributed by atoms with Crippen LogP contribution in [0.2, 0.25) is 0 Å². The molecule has 1 aromatic heterocycles. The van der Waals surface area contributed by atoms with Crippen molar-refractivity contribution in [2.24, 2.45) is 0 Å². The van der Waals surface area contributed by atoms with Gasteiger partial charge in [-0.15, -0.1) is 10.2 Å². The quantitative estimate of drug-likeness (QED) is 0.820. The molecule has 0 radical (unpaired) electrons. The molecule has 0 spiro atoms. The summed E-state index contributed by atoms with van der Waals surface area (Å²) in [7, 11) is -0.686. The van der Waals surface area contributed by atoms with E-state index in [4.69, 9.17) is 5.73 Å². The van der Waals surface area contributed by atoms with Crippen LogP contribution in [0.1, 0.15) is 0 Å². The molecule has 102 valence electrons. The molecule has 7 nitrogen and oxygen atoms in total. The smallest absolute Gasteiger partial charge is 0.302 e. The second-order valence-corrected chi connectivity index (χ2v) is 6.79. The van der Waals surface area contributed by atoms with Crippen LogP contribution in [0.4, 0.5) is 10.8 Å². The lowest BCUT2D eigenvalue weighted by molar-refractivity contribution is 0.526. The molecule has 19 heavy (non-hydrogen) atoms. The molecule has 3 N–H and O–H groups in total. The maximum atomic E-state index is 11.6. The third-order valence-electron chi connectivity index (χ3n) is 2.28. The highest BCUT2D eigenvalue weighted by molar-refractivity contribution is 7.90. The zero-order chi connectivity index (χ0) is 14.0. The molecule has 0 amide bonds. The van der Waals surface area contributed by atoms with Crippen molar-refractivity contribution in [1.82, 2.24) is 14.5 Å². The first-order chi connectivity index (χ1) is 8.88. The average Bonchev–Trinajstić information content (AvgIpc) is 2.77. The second kappa shape index (κ2) is 5.11. The predicted octanol–water partition coefficient (Wildman–Crippen LogP) is 1.01. The molecular formula is C10H13N5O2S2. The Morgan fingerprint density at radius 1 is 1.21 bits per heavy atom. The van der Waals surface area contributed by atoms with Gasteiger partial charge in [-0.05, 0) is 24.3 Å². The van der Waals surface area contributed by atoms with Crippen molar-refractivity contribution in [1.29, 1.82) is 0 Å². The lowest BCUT2D eigenvalue weighted by atomic mass is 10.2. The lowest BCUT2D eigenvalue weighted by Gasteiger charge is -2.10. The van der Waals surface area contributed by atoms with Gasteiger partial charge in [0.15, 0.2) is 0 Å². The number of anilines is 2. The van der Waals surface area contributed by atoms with Crippen molar-refractivity contribution in [2.45, 2.75) is 0 Å². The molecular weight excluding hydrogens is 286 g/mol. The number of nitrogens with two attached hydrogens (primary N) is 1. The van der Waals surface area contributed by atoms with Gasteiger partial charge in [-0.1, -0.05) is 11.3 Å². The summed E-state index contributed by atoms with van der Waals surface area (Å²) >= 11 is 1.16. The summed E-state index contributed by atoms with van der Waals surface area (Å²) in [6.07, 6.45) is 0. The molecule has 0 aliphatic rings. The first-order valence-corrected chi connectivity index (χ1v) is 7.54. The average molecular weight is 299 g/mol. The molecule has 0 saturated heterocycles. The van der Waals surface area contributed by atoms with Crippen LogP contribution in [0.25, 0.3) is 10.6 Å². The molecule has 2 aromatic rings. The molecule has 1 heterocycles. The van der Waals surface area contributed by atoms with Gasteiger partial charge >= 0.3 is 10.2 Å². The SMILES string of the molecule is CN(C)S(=O)(=O)Nc1nnc(-c2ccc(N)cc2)s1. The highest BCUT2D eigenvalue weighted by Crippen LogP contribution is 2.27. The fourth-order valence-corrected chi connectivity index (χ4v) is 2.74. The highest BCUT2D eigenvalue weighted by Gasteiger charge is 2.16. The van der Waals surface area contributed by atoms with Crippen molar-refractivity contribution >= 4 is 32.4 Å². The van der Waals surface area contributed by atoms with Gasteiger partial charge in [0.05, 0.1) is 0 Å². The number of rotatable bonds is 4. The summed E-state index contributed by atoms with van der Waals surface area (Å²) in [5, 5.41) is 8.59. The van der Waals surface area contributed by atoms with E-state index in [2.05, 4.69) is 14.9 Å². The Hall–Kier alpha value is -1.71. The van der Waals surface area contributed by atoms with Gasteiger partial charge in [-0.3, -0.25) is 0 Å². The number of aromatic nitrogens is 2. The van der Waals surface area contributed by atoms with Gasteiger partial charge in [0, 0.05) is 25.3 Å². The number of nitrogens with one attached hydrogen (secondary N) is 1. The minimum absolute atomic E-state index is 0.223. The zero-order valence-electron chi connectivity index (χ0n) is 10.4. The van der Waals surface area contributed by atoms with E-state index in [0.29, 0.717) is 10.7 Å². The van der Waals surface area contributed by atoms with Crippen LogP contribution in [-0.4, -0.2) is 37.0 Å². The number of benzene rings is 1. The number of nitrogens with zero attached hydrogens (tertiary/aromatic N) is 3. The fourth-order valence-electron chi connectivity index (χ4n) is 1.21. The maximum absolute atomic E-state index is 11.6. The maximum Gasteiger partial charge on any atom is 0.302 e. The van der Waals surface area contributed by atoms with Gasteiger partial charge in [0.1, 0.15) is 5.01 Å². The highest BCUT2D eigenvalue weighted by atomic mass is 32.2. The Kier molecular flexibility index (Phi) is 3.69. The number of hydrogen-bond acceptors (Lipinski definition) is 6. The predicted molar refractivity (Wildman–Crippen MR) is 76.0 cm³/mol. The summed E-state index contributed by atoms with van der Waals surface area (Å²) < 4.78 is 26.7. The summed E-state index contributed by atoms with van der Waals surface area (Å²) in [4.78, 5) is 0. The van der Waals surface area contributed by atoms with Gasteiger partial charge in [0.2, 0.25) is 5.13 Å². The van der Waals surface area contributed by atoms with E-state index < -0.39 is 10.2 Å². The first kappa shape index (κ1) is 13.7. The van der Waals surface area contributed by atoms with E-state index in [-0.39, 0.29) is 5.13 Å². The summed E-state index contributed by atoms with van der Waals surface area (Å²) in [6, 6.07) is 7.11. The van der Waals surface area contributed by atoms with Crippen molar-refractivity contribution in [3.63, 3.8) is 0 Å². The molecule has 2 rings (SSSR count). The van der Waals surface area contributed by atoms with Crippen molar-refractivity contribution < 1.29 is 8.42 Å². The molecule has 1 aromatic carbocycles. The lowest BCUT2D eigenvalue weighted by Crippen LogP contribution is -2.28. The molecule has 0 bridgehead atoms. The van der Waals surface area contributed by atoms with E-state index in [1.165, 1.54) is 14.1 Å². The van der Waals surface area contributed by atoms with Crippen LogP contribution >= 0.6 is 11.3 Å². The summed E-state index contributed by atoms with van der Waals surface area (Å²) in [6.45, 7) is 0. The van der Waals surface area contributed by atoms with Crippen molar-refractivity contribution in [2.75, 3.05) is 24.6 Å². The van der Waals surface area contributed by atoms with Crippen LogP contribution in [-0.2, 0) is 10.2 Å². The van der Waals surface area contributed by atoms with Crippen LogP contribution in [0.5, 0.6) is 0 Å². The van der Waals surface area contributed by atoms with E-state index in [1.54, 1.807) is 24.3 Å². The van der Waals surface area contributed by atoms with Gasteiger partial charge in [0.25, 0.3) is 0 Å². The van der Waals surface area contributed by atoms with Crippen molar-refractivity contribution in [3.8, 4) is 10.6 Å². The normalized spacial score (nSPS) is 11.7. The fraction of sp³-hybridized carbons (Fsp3) is 0.200. The Morgan fingerprint density at radius 2 is 1.84 bits per heavy atom. The largest absolute Gasteiger partial charge is 0.399 e. The Bertz CT molecular complexity index is 663. The standard InChI is InChI=1S/C10H13N5O2S2/c1-15(2)19(16,17)14-10-13-12-9(18-10)7-3-5-8(11)6-4-7/h3-6H,11H2,1-2H3,(H,13,14). The number of hydrogen-bond donors (Lipinski definition) is 2. The Balaban J connectivity index is 2.22. The van der Waals surface area contributed by atoms with E-state index >= 15 is 0 Å². The second-order valence-electron chi connectivity index (χ2n) is 3.92.